The molecule has 0 saturated carbocycles. The van der Waals surface area contributed by atoms with Crippen molar-refractivity contribution in [2.45, 2.75) is 6.54 Å². The van der Waals surface area contributed by atoms with Crippen LogP contribution in [0.4, 0.5) is 11.4 Å². The van der Waals surface area contributed by atoms with Crippen molar-refractivity contribution >= 4 is 29.1 Å². The fraction of sp³-hybridized carbons (Fsp3) is 0.222. The number of rotatable bonds is 8. The molecule has 0 atom stereocenters. The third kappa shape index (κ3) is 6.91. The van der Waals surface area contributed by atoms with Gasteiger partial charge in [0.2, 0.25) is 5.91 Å². The highest BCUT2D eigenvalue weighted by molar-refractivity contribution is 5.98. The summed E-state index contributed by atoms with van der Waals surface area (Å²) < 4.78 is 5.30. The third-order valence-corrected chi connectivity index (χ3v) is 5.57. The van der Waals surface area contributed by atoms with Crippen molar-refractivity contribution in [3.8, 4) is 0 Å². The molecular weight excluding hydrogens is 444 g/mol. The number of morpholine rings is 1. The van der Waals surface area contributed by atoms with Crippen LogP contribution >= 0.6 is 0 Å². The second kappa shape index (κ2) is 11.8. The summed E-state index contributed by atoms with van der Waals surface area (Å²) in [6.07, 6.45) is 0. The molecule has 0 aliphatic carbocycles. The molecule has 3 amide bonds. The normalized spacial score (nSPS) is 13.1. The van der Waals surface area contributed by atoms with Crippen LogP contribution in [0.5, 0.6) is 0 Å². The van der Waals surface area contributed by atoms with Gasteiger partial charge in [0.1, 0.15) is 0 Å². The van der Waals surface area contributed by atoms with Crippen LogP contribution in [0, 0.1) is 0 Å². The lowest BCUT2D eigenvalue weighted by atomic mass is 10.1. The van der Waals surface area contributed by atoms with Gasteiger partial charge in [0, 0.05) is 42.1 Å². The van der Waals surface area contributed by atoms with E-state index in [4.69, 9.17) is 4.74 Å². The number of carbonyl (C=O) groups is 3. The van der Waals surface area contributed by atoms with Crippen LogP contribution in [-0.4, -0.2) is 55.5 Å². The van der Waals surface area contributed by atoms with Gasteiger partial charge < -0.3 is 25.6 Å². The number of amides is 3. The number of hydrogen-bond acceptors (Lipinski definition) is 5. The molecule has 3 aromatic rings. The predicted molar refractivity (Wildman–Crippen MR) is 134 cm³/mol. The number of carbonyl (C=O) groups excluding carboxylic acids is 3. The minimum atomic E-state index is -0.264. The van der Waals surface area contributed by atoms with E-state index in [0.29, 0.717) is 55.3 Å². The maximum Gasteiger partial charge on any atom is 0.254 e. The monoisotopic (exact) mass is 472 g/mol. The molecule has 8 nitrogen and oxygen atoms in total. The summed E-state index contributed by atoms with van der Waals surface area (Å²) in [5, 5.41) is 8.75. The number of nitrogens with zero attached hydrogens (tertiary/aromatic N) is 1. The molecule has 35 heavy (non-hydrogen) atoms. The first-order valence-corrected chi connectivity index (χ1v) is 11.5. The molecule has 3 aromatic carbocycles. The molecule has 180 valence electrons. The largest absolute Gasteiger partial charge is 0.378 e. The summed E-state index contributed by atoms with van der Waals surface area (Å²) in [5.41, 5.74) is 3.24. The Labute approximate surface area is 204 Å². The van der Waals surface area contributed by atoms with Gasteiger partial charge in [0.25, 0.3) is 11.8 Å². The molecule has 1 fully saturated rings. The van der Waals surface area contributed by atoms with Crippen LogP contribution in [0.25, 0.3) is 0 Å². The number of ether oxygens (including phenoxy) is 1. The first-order chi connectivity index (χ1) is 17.1. The Kier molecular flexibility index (Phi) is 8.08. The Balaban J connectivity index is 1.28. The lowest BCUT2D eigenvalue weighted by Gasteiger charge is -2.27. The molecule has 0 radical (unpaired) electrons. The molecule has 1 heterocycles. The Hall–Kier alpha value is -4.17. The maximum atomic E-state index is 12.7. The van der Waals surface area contributed by atoms with E-state index in [1.165, 1.54) is 0 Å². The lowest BCUT2D eigenvalue weighted by molar-refractivity contribution is -0.114. The van der Waals surface area contributed by atoms with E-state index >= 15 is 0 Å². The molecule has 0 spiro atoms. The highest BCUT2D eigenvalue weighted by Gasteiger charge is 2.18. The molecule has 1 aliphatic heterocycles. The first kappa shape index (κ1) is 24.0. The lowest BCUT2D eigenvalue weighted by Crippen LogP contribution is -2.40. The summed E-state index contributed by atoms with van der Waals surface area (Å²) in [7, 11) is 0. The van der Waals surface area contributed by atoms with Gasteiger partial charge in [0.15, 0.2) is 0 Å². The molecular formula is C27H28N4O4. The number of hydrogen-bond donors (Lipinski definition) is 3. The molecule has 0 unspecified atom stereocenters. The molecule has 8 heteroatoms. The summed E-state index contributed by atoms with van der Waals surface area (Å²) in [4.78, 5) is 39.4. The van der Waals surface area contributed by atoms with Crippen molar-refractivity contribution < 1.29 is 19.1 Å². The SMILES string of the molecule is O=C(CNc1cccc(C(=O)NCc2ccccc2)c1)Nc1cccc(C(=O)N2CCOCC2)c1. The van der Waals surface area contributed by atoms with Crippen molar-refractivity contribution in [3.63, 3.8) is 0 Å². The van der Waals surface area contributed by atoms with Gasteiger partial charge in [-0.15, -0.1) is 0 Å². The van der Waals surface area contributed by atoms with Crippen LogP contribution in [0.3, 0.4) is 0 Å². The second-order valence-electron chi connectivity index (χ2n) is 8.14. The maximum absolute atomic E-state index is 12.7. The van der Waals surface area contributed by atoms with Crippen molar-refractivity contribution in [2.24, 2.45) is 0 Å². The Morgan fingerprint density at radius 2 is 1.49 bits per heavy atom. The summed E-state index contributed by atoms with van der Waals surface area (Å²) in [5.74, 6) is -0.534. The van der Waals surface area contributed by atoms with Crippen LogP contribution in [0.1, 0.15) is 26.3 Å². The minimum Gasteiger partial charge on any atom is -0.378 e. The summed E-state index contributed by atoms with van der Waals surface area (Å²) >= 11 is 0. The Bertz CT molecular complexity index is 1180. The standard InChI is InChI=1S/C27H28N4O4/c32-25(30-24-11-5-9-22(17-24)27(34)31-12-14-35-15-13-31)19-28-23-10-4-8-21(16-23)26(33)29-18-20-6-2-1-3-7-20/h1-11,16-17,28H,12-15,18-19H2,(H,29,33)(H,30,32). The molecule has 0 aromatic heterocycles. The predicted octanol–water partition coefficient (Wildman–Crippen LogP) is 3.14. The van der Waals surface area contributed by atoms with Crippen molar-refractivity contribution in [1.29, 1.82) is 0 Å². The van der Waals surface area contributed by atoms with E-state index in [1.807, 2.05) is 30.3 Å². The van der Waals surface area contributed by atoms with E-state index in [1.54, 1.807) is 53.4 Å². The fourth-order valence-corrected chi connectivity index (χ4v) is 3.72. The minimum absolute atomic E-state index is 0.0106. The van der Waals surface area contributed by atoms with Gasteiger partial charge in [-0.2, -0.15) is 0 Å². The average Bonchev–Trinajstić information content (AvgIpc) is 2.91. The van der Waals surface area contributed by atoms with E-state index in [9.17, 15) is 14.4 Å². The zero-order valence-corrected chi connectivity index (χ0v) is 19.3. The molecule has 1 aliphatic rings. The fourth-order valence-electron chi connectivity index (χ4n) is 3.72. The quantitative estimate of drug-likeness (QED) is 0.468. The highest BCUT2D eigenvalue weighted by atomic mass is 16.5. The zero-order chi connectivity index (χ0) is 24.5. The van der Waals surface area contributed by atoms with Gasteiger partial charge in [-0.1, -0.05) is 42.5 Å². The van der Waals surface area contributed by atoms with Gasteiger partial charge in [-0.25, -0.2) is 0 Å². The van der Waals surface area contributed by atoms with Crippen LogP contribution in [0.2, 0.25) is 0 Å². The topological polar surface area (TPSA) is 99.8 Å². The van der Waals surface area contributed by atoms with E-state index in [-0.39, 0.29) is 24.3 Å². The Morgan fingerprint density at radius 1 is 0.800 bits per heavy atom. The van der Waals surface area contributed by atoms with Crippen molar-refractivity contribution in [3.05, 3.63) is 95.6 Å². The Morgan fingerprint density at radius 3 is 2.26 bits per heavy atom. The number of benzene rings is 3. The van der Waals surface area contributed by atoms with Crippen LogP contribution in [-0.2, 0) is 16.1 Å². The average molecular weight is 473 g/mol. The molecule has 4 rings (SSSR count). The molecule has 0 bridgehead atoms. The van der Waals surface area contributed by atoms with Gasteiger partial charge in [0.05, 0.1) is 19.8 Å². The van der Waals surface area contributed by atoms with Crippen LogP contribution < -0.4 is 16.0 Å². The van der Waals surface area contributed by atoms with Gasteiger partial charge >= 0.3 is 0 Å². The van der Waals surface area contributed by atoms with E-state index in [0.717, 1.165) is 5.56 Å². The van der Waals surface area contributed by atoms with Crippen molar-refractivity contribution in [1.82, 2.24) is 10.2 Å². The smallest absolute Gasteiger partial charge is 0.254 e. The van der Waals surface area contributed by atoms with Crippen molar-refractivity contribution in [2.75, 3.05) is 43.5 Å². The van der Waals surface area contributed by atoms with Gasteiger partial charge in [-0.05, 0) is 42.0 Å². The van der Waals surface area contributed by atoms with Gasteiger partial charge in [-0.3, -0.25) is 14.4 Å². The third-order valence-electron chi connectivity index (χ3n) is 5.57. The molecule has 1 saturated heterocycles. The second-order valence-corrected chi connectivity index (χ2v) is 8.14. The zero-order valence-electron chi connectivity index (χ0n) is 19.3. The number of nitrogens with one attached hydrogen (secondary N) is 3. The number of anilines is 2. The summed E-state index contributed by atoms with van der Waals surface area (Å²) in [6, 6.07) is 23.6. The highest BCUT2D eigenvalue weighted by Crippen LogP contribution is 2.15. The first-order valence-electron chi connectivity index (χ1n) is 11.5. The van der Waals surface area contributed by atoms with E-state index in [2.05, 4.69) is 16.0 Å². The van der Waals surface area contributed by atoms with Crippen LogP contribution in [0.15, 0.2) is 78.9 Å². The molecule has 3 N–H and O–H groups in total. The van der Waals surface area contributed by atoms with E-state index < -0.39 is 0 Å². The summed E-state index contributed by atoms with van der Waals surface area (Å²) in [6.45, 7) is 2.63.